The van der Waals surface area contributed by atoms with Crippen LogP contribution in [0.3, 0.4) is 0 Å². The molecule has 0 unspecified atom stereocenters. The van der Waals surface area contributed by atoms with Crippen molar-refractivity contribution in [2.75, 3.05) is 0 Å². The quantitative estimate of drug-likeness (QED) is 0.327. The molecule has 1 aliphatic heterocycles. The van der Waals surface area contributed by atoms with E-state index in [9.17, 15) is 0 Å². The van der Waals surface area contributed by atoms with E-state index in [0.717, 1.165) is 0 Å². The minimum absolute atomic E-state index is 0.258. The van der Waals surface area contributed by atoms with Crippen molar-refractivity contribution in [3.8, 4) is 10.6 Å². The van der Waals surface area contributed by atoms with Crippen LogP contribution in [0.4, 0.5) is 0 Å². The SMILES string of the molecule is C1#C[As]=CC=C1. The van der Waals surface area contributed by atoms with Gasteiger partial charge in [-0.2, -0.15) is 0 Å². The van der Waals surface area contributed by atoms with Crippen molar-refractivity contribution in [2.24, 2.45) is 0 Å². The van der Waals surface area contributed by atoms with E-state index in [-0.39, 0.29) is 15.3 Å². The zero-order valence-electron chi connectivity index (χ0n) is 3.18. The average Bonchev–Trinajstić information content (AvgIpc) is 1.72. The molecular weight excluding hydrogens is 135 g/mol. The van der Waals surface area contributed by atoms with Crippen LogP contribution >= 0.6 is 0 Å². The van der Waals surface area contributed by atoms with Gasteiger partial charge in [0.25, 0.3) is 0 Å². The van der Waals surface area contributed by atoms with Gasteiger partial charge in [0.05, 0.1) is 0 Å². The molecule has 0 nitrogen and oxygen atoms in total. The van der Waals surface area contributed by atoms with Gasteiger partial charge in [-0.3, -0.25) is 0 Å². The van der Waals surface area contributed by atoms with Crippen molar-refractivity contribution in [1.82, 2.24) is 0 Å². The molecule has 1 heteroatoms. The van der Waals surface area contributed by atoms with E-state index >= 15 is 0 Å². The van der Waals surface area contributed by atoms with Crippen molar-refractivity contribution in [1.29, 1.82) is 0 Å². The van der Waals surface area contributed by atoms with Crippen LogP contribution in [-0.2, 0) is 0 Å². The van der Waals surface area contributed by atoms with Crippen LogP contribution in [0.15, 0.2) is 12.2 Å². The van der Waals surface area contributed by atoms with Crippen molar-refractivity contribution in [3.63, 3.8) is 0 Å². The third-order valence-electron chi connectivity index (χ3n) is 0.469. The Kier molecular flexibility index (Phi) is 1.30. The first kappa shape index (κ1) is 3.90. The molecule has 0 N–H and O–H groups in total. The topological polar surface area (TPSA) is 0 Å². The molecule has 1 aliphatic rings. The van der Waals surface area contributed by atoms with E-state index in [4.69, 9.17) is 0 Å². The summed E-state index contributed by atoms with van der Waals surface area (Å²) >= 11 is 0.258. The van der Waals surface area contributed by atoms with Crippen LogP contribution in [0.5, 0.6) is 0 Å². The van der Waals surface area contributed by atoms with Crippen LogP contribution < -0.4 is 0 Å². The first-order valence-electron chi connectivity index (χ1n) is 1.69. The summed E-state index contributed by atoms with van der Waals surface area (Å²) in [6.07, 6.45) is 3.88. The Morgan fingerprint density at radius 1 is 1.50 bits per heavy atom. The van der Waals surface area contributed by atoms with Gasteiger partial charge in [0.2, 0.25) is 0 Å². The molecule has 1 rings (SSSR count). The Labute approximate surface area is 43.5 Å². The van der Waals surface area contributed by atoms with Crippen LogP contribution in [-0.4, -0.2) is 20.1 Å². The predicted molar refractivity (Wildman–Crippen MR) is 28.7 cm³/mol. The second-order valence-corrected chi connectivity index (χ2v) is 2.53. The fourth-order valence-corrected chi connectivity index (χ4v) is 1.08. The van der Waals surface area contributed by atoms with Gasteiger partial charge in [-0.05, 0) is 0 Å². The first-order chi connectivity index (χ1) is 3.00. The number of hydrogen-bond acceptors (Lipinski definition) is 0. The predicted octanol–water partition coefficient (Wildman–Crippen LogP) is 0.0235. The van der Waals surface area contributed by atoms with Gasteiger partial charge in [0, 0.05) is 0 Å². The summed E-state index contributed by atoms with van der Waals surface area (Å²) < 4.78 is 2.99. The van der Waals surface area contributed by atoms with E-state index < -0.39 is 0 Å². The zero-order valence-corrected chi connectivity index (χ0v) is 5.06. The van der Waals surface area contributed by atoms with Gasteiger partial charge < -0.3 is 0 Å². The average molecular weight is 138 g/mol. The van der Waals surface area contributed by atoms with Crippen LogP contribution in [0.2, 0.25) is 0 Å². The molecule has 28 valence electrons. The number of hydrogen-bond donors (Lipinski definition) is 0. The maximum atomic E-state index is 2.99. The van der Waals surface area contributed by atoms with Gasteiger partial charge in [0.15, 0.2) is 0 Å². The Hall–Kier alpha value is -0.272. The van der Waals surface area contributed by atoms with Crippen molar-refractivity contribution < 1.29 is 0 Å². The Morgan fingerprint density at radius 3 is 2.67 bits per heavy atom. The van der Waals surface area contributed by atoms with E-state index in [1.807, 2.05) is 12.2 Å². The van der Waals surface area contributed by atoms with Crippen LogP contribution in [0, 0.1) is 10.6 Å². The zero-order chi connectivity index (χ0) is 4.24. The monoisotopic (exact) mass is 138 g/mol. The Balaban J connectivity index is 2.89. The van der Waals surface area contributed by atoms with E-state index in [1.165, 1.54) is 0 Å². The Bertz CT molecular complexity index is 127. The van der Waals surface area contributed by atoms with E-state index in [1.54, 1.807) is 0 Å². The van der Waals surface area contributed by atoms with Crippen molar-refractivity contribution in [3.05, 3.63) is 12.2 Å². The van der Waals surface area contributed by atoms with E-state index in [0.29, 0.717) is 0 Å². The molecule has 0 spiro atoms. The summed E-state index contributed by atoms with van der Waals surface area (Å²) in [5, 5.41) is 0. The summed E-state index contributed by atoms with van der Waals surface area (Å²) in [5.41, 5.74) is 0. The molecule has 0 saturated carbocycles. The maximum absolute atomic E-state index is 2.99. The molecule has 0 fully saturated rings. The van der Waals surface area contributed by atoms with Gasteiger partial charge in [-0.1, -0.05) is 0 Å². The van der Waals surface area contributed by atoms with Gasteiger partial charge in [0.1, 0.15) is 0 Å². The number of rotatable bonds is 0. The summed E-state index contributed by atoms with van der Waals surface area (Å²) in [4.78, 5) is 2.13. The standard InChI is InChI=1S/C5H3As/c1-2-4-6-5-3-1/h1-2,4H. The summed E-state index contributed by atoms with van der Waals surface area (Å²) in [5.74, 6) is 2.86. The normalized spacial score (nSPS) is 16.0. The van der Waals surface area contributed by atoms with E-state index in [2.05, 4.69) is 15.4 Å². The summed E-state index contributed by atoms with van der Waals surface area (Å²) in [6, 6.07) is 0. The third-order valence-corrected chi connectivity index (χ3v) is 1.68. The summed E-state index contributed by atoms with van der Waals surface area (Å²) in [6.45, 7) is 0. The molecule has 0 aliphatic carbocycles. The molecule has 0 bridgehead atoms. The fourth-order valence-electron chi connectivity index (χ4n) is 0.246. The second-order valence-electron chi connectivity index (χ2n) is 0.893. The molecule has 0 aromatic rings. The molecule has 1 heterocycles. The molecule has 0 saturated heterocycles. The minimum atomic E-state index is 0.258. The molecule has 6 heavy (non-hydrogen) atoms. The fraction of sp³-hybridized carbons (Fsp3) is 0. The second kappa shape index (κ2) is 2.00. The van der Waals surface area contributed by atoms with Gasteiger partial charge in [-0.25, -0.2) is 0 Å². The third kappa shape index (κ3) is 0.846. The Morgan fingerprint density at radius 2 is 2.50 bits per heavy atom. The van der Waals surface area contributed by atoms with Gasteiger partial charge >= 0.3 is 42.9 Å². The molecule has 0 amide bonds. The molecule has 0 aromatic heterocycles. The molecule has 0 atom stereocenters. The van der Waals surface area contributed by atoms with Gasteiger partial charge in [-0.15, -0.1) is 0 Å². The number of allylic oxidation sites excluding steroid dienone is 2. The van der Waals surface area contributed by atoms with Crippen LogP contribution in [0.25, 0.3) is 0 Å². The molecular formula is C5H3As. The summed E-state index contributed by atoms with van der Waals surface area (Å²) in [7, 11) is 0. The van der Waals surface area contributed by atoms with Crippen molar-refractivity contribution >= 4 is 20.1 Å². The first-order valence-corrected chi connectivity index (χ1v) is 3.71. The van der Waals surface area contributed by atoms with Crippen molar-refractivity contribution in [2.45, 2.75) is 0 Å². The van der Waals surface area contributed by atoms with Crippen LogP contribution in [0.1, 0.15) is 0 Å². The molecule has 0 aromatic carbocycles. The molecule has 0 radical (unpaired) electrons.